The Morgan fingerprint density at radius 2 is 2.00 bits per heavy atom. The van der Waals surface area contributed by atoms with Gasteiger partial charge in [-0.1, -0.05) is 17.7 Å². The molecule has 2 heterocycles. The molecule has 1 fully saturated rings. The summed E-state index contributed by atoms with van der Waals surface area (Å²) in [4.78, 5) is 25.5. The number of likely N-dealkylation sites (tertiary alicyclic amines) is 1. The lowest BCUT2D eigenvalue weighted by molar-refractivity contribution is -0.123. The number of nitrogens with zero attached hydrogens (tertiary/aromatic N) is 1. The molecule has 0 aliphatic carbocycles. The highest BCUT2D eigenvalue weighted by Gasteiger charge is 2.28. The molecule has 1 aromatic heterocycles. The smallest absolute Gasteiger partial charge is 0.289 e. The van der Waals surface area contributed by atoms with Crippen molar-refractivity contribution in [3.05, 3.63) is 53.5 Å². The second-order valence-electron chi connectivity index (χ2n) is 6.36. The summed E-state index contributed by atoms with van der Waals surface area (Å²) >= 11 is 0. The van der Waals surface area contributed by atoms with Crippen molar-refractivity contribution < 1.29 is 18.7 Å². The van der Waals surface area contributed by atoms with Crippen LogP contribution in [0, 0.1) is 12.8 Å². The molecule has 2 N–H and O–H groups in total. The van der Waals surface area contributed by atoms with Crippen LogP contribution in [0.3, 0.4) is 0 Å². The molecule has 1 aliphatic heterocycles. The van der Waals surface area contributed by atoms with Crippen LogP contribution in [0.5, 0.6) is 5.75 Å². The van der Waals surface area contributed by atoms with Crippen LogP contribution in [-0.4, -0.2) is 29.8 Å². The Labute approximate surface area is 146 Å². The normalized spacial score (nSPS) is 17.3. The third kappa shape index (κ3) is 4.21. The molecule has 1 aromatic carbocycles. The van der Waals surface area contributed by atoms with Gasteiger partial charge >= 0.3 is 0 Å². The number of ether oxygens (including phenoxy) is 1. The van der Waals surface area contributed by atoms with Crippen molar-refractivity contribution >= 4 is 11.8 Å². The van der Waals surface area contributed by atoms with E-state index in [0.717, 1.165) is 24.2 Å². The van der Waals surface area contributed by atoms with Gasteiger partial charge in [-0.15, -0.1) is 0 Å². The SMILES string of the molecule is Cc1ccc(OCc2ccc(C(=O)N3CCCC(C(N)=O)C3)o2)cc1. The van der Waals surface area contributed by atoms with Crippen LogP contribution in [0.4, 0.5) is 0 Å². The van der Waals surface area contributed by atoms with Gasteiger partial charge in [0.05, 0.1) is 5.92 Å². The fourth-order valence-corrected chi connectivity index (χ4v) is 2.91. The number of primary amides is 1. The van der Waals surface area contributed by atoms with Crippen molar-refractivity contribution in [2.45, 2.75) is 26.4 Å². The molecule has 1 saturated heterocycles. The Bertz CT molecular complexity index is 751. The molecular weight excluding hydrogens is 320 g/mol. The topological polar surface area (TPSA) is 85.8 Å². The minimum atomic E-state index is -0.357. The summed E-state index contributed by atoms with van der Waals surface area (Å²) in [6.45, 7) is 3.22. The van der Waals surface area contributed by atoms with E-state index in [9.17, 15) is 9.59 Å². The van der Waals surface area contributed by atoms with Crippen LogP contribution in [0.1, 0.15) is 34.7 Å². The number of amides is 2. The van der Waals surface area contributed by atoms with Crippen molar-refractivity contribution in [3.8, 4) is 5.75 Å². The van der Waals surface area contributed by atoms with E-state index in [4.69, 9.17) is 14.9 Å². The van der Waals surface area contributed by atoms with Gasteiger partial charge in [0.25, 0.3) is 5.91 Å². The van der Waals surface area contributed by atoms with Gasteiger partial charge < -0.3 is 19.8 Å². The highest BCUT2D eigenvalue weighted by molar-refractivity contribution is 5.92. The van der Waals surface area contributed by atoms with E-state index in [1.165, 1.54) is 0 Å². The van der Waals surface area contributed by atoms with E-state index >= 15 is 0 Å². The Morgan fingerprint density at radius 1 is 1.24 bits per heavy atom. The van der Waals surface area contributed by atoms with Gasteiger partial charge in [-0.05, 0) is 44.0 Å². The van der Waals surface area contributed by atoms with Crippen LogP contribution < -0.4 is 10.5 Å². The molecule has 2 amide bonds. The van der Waals surface area contributed by atoms with Crippen LogP contribution in [0.2, 0.25) is 0 Å². The van der Waals surface area contributed by atoms with Gasteiger partial charge in [0.2, 0.25) is 5.91 Å². The lowest BCUT2D eigenvalue weighted by Crippen LogP contribution is -2.44. The summed E-state index contributed by atoms with van der Waals surface area (Å²) in [6.07, 6.45) is 1.50. The van der Waals surface area contributed by atoms with E-state index in [0.29, 0.717) is 18.8 Å². The van der Waals surface area contributed by atoms with E-state index in [-0.39, 0.29) is 30.1 Å². The summed E-state index contributed by atoms with van der Waals surface area (Å²) in [6, 6.07) is 11.1. The molecule has 1 aliphatic rings. The van der Waals surface area contributed by atoms with Crippen LogP contribution in [0.15, 0.2) is 40.8 Å². The third-order valence-electron chi connectivity index (χ3n) is 4.39. The molecule has 6 nitrogen and oxygen atoms in total. The number of rotatable bonds is 5. The van der Waals surface area contributed by atoms with E-state index in [1.54, 1.807) is 17.0 Å². The van der Waals surface area contributed by atoms with Crippen molar-refractivity contribution in [2.24, 2.45) is 11.7 Å². The molecule has 132 valence electrons. The predicted molar refractivity (Wildman–Crippen MR) is 92.0 cm³/mol. The first-order valence-electron chi connectivity index (χ1n) is 8.39. The van der Waals surface area contributed by atoms with Gasteiger partial charge in [0, 0.05) is 13.1 Å². The highest BCUT2D eigenvalue weighted by Crippen LogP contribution is 2.20. The van der Waals surface area contributed by atoms with E-state index in [1.807, 2.05) is 31.2 Å². The second kappa shape index (κ2) is 7.42. The fourth-order valence-electron chi connectivity index (χ4n) is 2.91. The zero-order valence-corrected chi connectivity index (χ0v) is 14.2. The van der Waals surface area contributed by atoms with Crippen molar-refractivity contribution in [1.29, 1.82) is 0 Å². The number of nitrogens with two attached hydrogens (primary N) is 1. The van der Waals surface area contributed by atoms with Gasteiger partial charge in [-0.2, -0.15) is 0 Å². The molecule has 0 saturated carbocycles. The lowest BCUT2D eigenvalue weighted by Gasteiger charge is -2.30. The molecular formula is C19H22N2O4. The van der Waals surface area contributed by atoms with Gasteiger partial charge in [-0.3, -0.25) is 9.59 Å². The zero-order chi connectivity index (χ0) is 17.8. The van der Waals surface area contributed by atoms with Gasteiger partial charge in [-0.25, -0.2) is 0 Å². The minimum absolute atomic E-state index is 0.215. The van der Waals surface area contributed by atoms with Gasteiger partial charge in [0.15, 0.2) is 5.76 Å². The summed E-state index contributed by atoms with van der Waals surface area (Å²) in [5.74, 6) is 0.726. The average Bonchev–Trinajstić information content (AvgIpc) is 3.09. The summed E-state index contributed by atoms with van der Waals surface area (Å²) < 4.78 is 11.3. The standard InChI is InChI=1S/C19H22N2O4/c1-13-4-6-15(7-5-13)24-12-16-8-9-17(25-16)19(23)21-10-2-3-14(11-21)18(20)22/h4-9,14H,2-3,10-12H2,1H3,(H2,20,22). The molecule has 1 atom stereocenters. The first kappa shape index (κ1) is 17.1. The molecule has 0 radical (unpaired) electrons. The summed E-state index contributed by atoms with van der Waals surface area (Å²) in [5.41, 5.74) is 6.52. The average molecular weight is 342 g/mol. The number of carbonyl (C=O) groups excluding carboxylic acids is 2. The maximum atomic E-state index is 12.5. The van der Waals surface area contributed by atoms with Gasteiger partial charge in [0.1, 0.15) is 18.1 Å². The molecule has 25 heavy (non-hydrogen) atoms. The largest absolute Gasteiger partial charge is 0.486 e. The molecule has 1 unspecified atom stereocenters. The predicted octanol–water partition coefficient (Wildman–Crippen LogP) is 2.50. The van der Waals surface area contributed by atoms with Crippen LogP contribution >= 0.6 is 0 Å². The number of benzene rings is 1. The molecule has 3 rings (SSSR count). The van der Waals surface area contributed by atoms with Crippen molar-refractivity contribution in [1.82, 2.24) is 4.90 Å². The maximum absolute atomic E-state index is 12.5. The number of furan rings is 1. The molecule has 2 aromatic rings. The molecule has 6 heteroatoms. The monoisotopic (exact) mass is 342 g/mol. The molecule has 0 spiro atoms. The minimum Gasteiger partial charge on any atom is -0.486 e. The lowest BCUT2D eigenvalue weighted by atomic mass is 9.97. The van der Waals surface area contributed by atoms with Crippen LogP contribution in [0.25, 0.3) is 0 Å². The van der Waals surface area contributed by atoms with Crippen LogP contribution in [-0.2, 0) is 11.4 Å². The fraction of sp³-hybridized carbons (Fsp3) is 0.368. The number of hydrogen-bond donors (Lipinski definition) is 1. The second-order valence-corrected chi connectivity index (χ2v) is 6.36. The number of hydrogen-bond acceptors (Lipinski definition) is 4. The Kier molecular flexibility index (Phi) is 5.07. The number of piperidine rings is 1. The Balaban J connectivity index is 1.59. The number of carbonyl (C=O) groups is 2. The highest BCUT2D eigenvalue weighted by atomic mass is 16.5. The Hall–Kier alpha value is -2.76. The van der Waals surface area contributed by atoms with E-state index in [2.05, 4.69) is 0 Å². The van der Waals surface area contributed by atoms with Crippen molar-refractivity contribution in [3.63, 3.8) is 0 Å². The zero-order valence-electron chi connectivity index (χ0n) is 14.2. The molecule has 0 bridgehead atoms. The summed E-state index contributed by atoms with van der Waals surface area (Å²) in [5, 5.41) is 0. The first-order valence-corrected chi connectivity index (χ1v) is 8.39. The number of aryl methyl sites for hydroxylation is 1. The summed E-state index contributed by atoms with van der Waals surface area (Å²) in [7, 11) is 0. The van der Waals surface area contributed by atoms with E-state index < -0.39 is 0 Å². The Morgan fingerprint density at radius 3 is 2.72 bits per heavy atom. The maximum Gasteiger partial charge on any atom is 0.289 e. The first-order chi connectivity index (χ1) is 12.0. The third-order valence-corrected chi connectivity index (χ3v) is 4.39. The quantitative estimate of drug-likeness (QED) is 0.904. The van der Waals surface area contributed by atoms with Crippen molar-refractivity contribution in [2.75, 3.05) is 13.1 Å².